The van der Waals surface area contributed by atoms with E-state index in [1.807, 2.05) is 27.0 Å². The van der Waals surface area contributed by atoms with Crippen molar-refractivity contribution in [2.75, 3.05) is 26.0 Å². The Kier molecular flexibility index (Phi) is 12.3. The van der Waals surface area contributed by atoms with Gasteiger partial charge in [0.05, 0.1) is 17.1 Å². The minimum atomic E-state index is 0.156. The molecular formula is C27H42N3P. The Morgan fingerprint density at radius 1 is 1.13 bits per heavy atom. The summed E-state index contributed by atoms with van der Waals surface area (Å²) in [5.74, 6) is 0. The topological polar surface area (TPSA) is 36.8 Å². The Bertz CT molecular complexity index is 844. The van der Waals surface area contributed by atoms with Gasteiger partial charge < -0.3 is 5.32 Å². The van der Waals surface area contributed by atoms with Crippen LogP contribution in [0.4, 0.5) is 0 Å². The largest absolute Gasteiger partial charge is 0.384 e. The van der Waals surface area contributed by atoms with Crippen molar-refractivity contribution in [1.29, 1.82) is 0 Å². The van der Waals surface area contributed by atoms with Gasteiger partial charge in [0.1, 0.15) is 0 Å². The molecule has 4 heteroatoms. The SMILES string of the molecule is C=C(NCCCP(C)C)C(C)=N/C(C(=C)CCCc1cc(C)ccc1C)=C(\C)N=CC. The molecule has 0 heterocycles. The molecule has 0 aliphatic heterocycles. The molecule has 1 aromatic carbocycles. The highest BCUT2D eigenvalue weighted by Crippen LogP contribution is 2.25. The number of nitrogens with zero attached hydrogens (tertiary/aromatic N) is 2. The standard InChI is InChI=1S/C27H42N3P/c1-10-28-25(7)27(30-24(6)23(5)29-17-12-18-31(8)9)22(4)13-11-14-26-19-20(2)15-16-21(26)3/h10,15-16,19,29H,4-5,11-14,17-18H2,1-3,6-9H3/b27-25+,28-10?,30-24?. The van der Waals surface area contributed by atoms with Crippen LogP contribution < -0.4 is 5.32 Å². The van der Waals surface area contributed by atoms with Crippen LogP contribution in [0.1, 0.15) is 56.7 Å². The summed E-state index contributed by atoms with van der Waals surface area (Å²) in [6, 6.07) is 6.67. The highest BCUT2D eigenvalue weighted by atomic mass is 31.1. The van der Waals surface area contributed by atoms with Gasteiger partial charge in [-0.25, -0.2) is 4.99 Å². The predicted molar refractivity (Wildman–Crippen MR) is 143 cm³/mol. The van der Waals surface area contributed by atoms with Crippen molar-refractivity contribution in [2.45, 2.75) is 60.3 Å². The molecule has 0 saturated carbocycles. The first-order valence-corrected chi connectivity index (χ1v) is 13.6. The summed E-state index contributed by atoms with van der Waals surface area (Å²) < 4.78 is 0. The zero-order valence-corrected chi connectivity index (χ0v) is 21.7. The van der Waals surface area contributed by atoms with E-state index in [1.165, 1.54) is 22.9 Å². The molecule has 0 unspecified atom stereocenters. The van der Waals surface area contributed by atoms with Crippen LogP contribution in [-0.4, -0.2) is 38.0 Å². The summed E-state index contributed by atoms with van der Waals surface area (Å²) >= 11 is 0. The van der Waals surface area contributed by atoms with Crippen LogP contribution in [0.2, 0.25) is 0 Å². The Morgan fingerprint density at radius 2 is 1.84 bits per heavy atom. The summed E-state index contributed by atoms with van der Waals surface area (Å²) in [6.07, 6.45) is 7.23. The second-order valence-electron chi connectivity index (χ2n) is 8.47. The third kappa shape index (κ3) is 10.2. The van der Waals surface area contributed by atoms with Crippen LogP contribution in [0, 0.1) is 13.8 Å². The molecule has 1 aromatic rings. The molecule has 3 nitrogen and oxygen atoms in total. The number of aryl methyl sites for hydroxylation is 3. The lowest BCUT2D eigenvalue weighted by atomic mass is 9.98. The average Bonchev–Trinajstić information content (AvgIpc) is 2.71. The molecule has 0 aromatic heterocycles. The van der Waals surface area contributed by atoms with Crippen molar-refractivity contribution in [3.8, 4) is 0 Å². The smallest absolute Gasteiger partial charge is 0.0871 e. The molecule has 1 N–H and O–H groups in total. The van der Waals surface area contributed by atoms with Gasteiger partial charge in [-0.05, 0) is 96.5 Å². The monoisotopic (exact) mass is 439 g/mol. The normalized spacial score (nSPS) is 13.0. The van der Waals surface area contributed by atoms with Crippen molar-refractivity contribution in [1.82, 2.24) is 5.32 Å². The van der Waals surface area contributed by atoms with E-state index >= 15 is 0 Å². The number of benzene rings is 1. The zero-order valence-electron chi connectivity index (χ0n) is 20.8. The lowest BCUT2D eigenvalue weighted by molar-refractivity contribution is 0.795. The number of hydrogen-bond acceptors (Lipinski definition) is 3. The molecule has 0 spiro atoms. The number of aliphatic imine (C=N–C) groups is 2. The van der Waals surface area contributed by atoms with Gasteiger partial charge in [-0.2, -0.15) is 0 Å². The predicted octanol–water partition coefficient (Wildman–Crippen LogP) is 7.20. The van der Waals surface area contributed by atoms with Crippen LogP contribution >= 0.6 is 7.92 Å². The van der Waals surface area contributed by atoms with Crippen LogP contribution in [0.5, 0.6) is 0 Å². The molecule has 0 atom stereocenters. The maximum Gasteiger partial charge on any atom is 0.0871 e. The minimum absolute atomic E-state index is 0.156. The first kappa shape index (κ1) is 27.0. The molecule has 170 valence electrons. The van der Waals surface area contributed by atoms with E-state index in [-0.39, 0.29) is 7.92 Å². The minimum Gasteiger partial charge on any atom is -0.384 e. The third-order valence-electron chi connectivity index (χ3n) is 5.27. The van der Waals surface area contributed by atoms with Gasteiger partial charge in [0.25, 0.3) is 0 Å². The van der Waals surface area contributed by atoms with E-state index in [0.29, 0.717) is 0 Å². The Labute approximate surface area is 192 Å². The average molecular weight is 440 g/mol. The van der Waals surface area contributed by atoms with Gasteiger partial charge in [0.2, 0.25) is 0 Å². The van der Waals surface area contributed by atoms with Crippen LogP contribution in [0.3, 0.4) is 0 Å². The van der Waals surface area contributed by atoms with E-state index in [4.69, 9.17) is 4.99 Å². The Balaban J connectivity index is 2.82. The van der Waals surface area contributed by atoms with Crippen molar-refractivity contribution in [2.24, 2.45) is 9.98 Å². The van der Waals surface area contributed by atoms with Gasteiger partial charge in [-0.15, -0.1) is 7.92 Å². The van der Waals surface area contributed by atoms with E-state index < -0.39 is 0 Å². The fourth-order valence-electron chi connectivity index (χ4n) is 3.35. The van der Waals surface area contributed by atoms with Gasteiger partial charge in [0.15, 0.2) is 0 Å². The summed E-state index contributed by atoms with van der Waals surface area (Å²) in [4.78, 5) is 9.37. The highest BCUT2D eigenvalue weighted by molar-refractivity contribution is 7.55. The van der Waals surface area contributed by atoms with E-state index in [2.05, 4.69) is 68.8 Å². The second kappa shape index (κ2) is 14.1. The third-order valence-corrected chi connectivity index (χ3v) is 6.48. The number of allylic oxidation sites excluding steroid dienone is 3. The lowest BCUT2D eigenvalue weighted by Crippen LogP contribution is -2.20. The first-order valence-electron chi connectivity index (χ1n) is 11.2. The van der Waals surface area contributed by atoms with Crippen molar-refractivity contribution < 1.29 is 0 Å². The summed E-state index contributed by atoms with van der Waals surface area (Å²) in [6.45, 7) is 24.4. The van der Waals surface area contributed by atoms with Crippen LogP contribution in [-0.2, 0) is 6.42 Å². The molecule has 0 saturated heterocycles. The molecule has 0 amide bonds. The Hall–Kier alpha value is -1.99. The Morgan fingerprint density at radius 3 is 2.48 bits per heavy atom. The molecule has 1 rings (SSSR count). The summed E-state index contributed by atoms with van der Waals surface area (Å²) in [5, 5.41) is 3.42. The number of hydrogen-bond donors (Lipinski definition) is 1. The summed E-state index contributed by atoms with van der Waals surface area (Å²) in [7, 11) is 0.156. The van der Waals surface area contributed by atoms with Crippen LogP contribution in [0.15, 0.2) is 64.0 Å². The van der Waals surface area contributed by atoms with Crippen molar-refractivity contribution >= 4 is 19.8 Å². The first-order chi connectivity index (χ1) is 14.6. The second-order valence-corrected chi connectivity index (χ2v) is 11.1. The fraction of sp³-hybridized carbons (Fsp3) is 0.481. The molecule has 0 bridgehead atoms. The molecule has 31 heavy (non-hydrogen) atoms. The molecule has 0 fully saturated rings. The van der Waals surface area contributed by atoms with Gasteiger partial charge in [-0.1, -0.05) is 36.9 Å². The quantitative estimate of drug-likeness (QED) is 0.150. The fourth-order valence-corrected chi connectivity index (χ4v) is 4.14. The van der Waals surface area contributed by atoms with Crippen molar-refractivity contribution in [3.05, 3.63) is 70.7 Å². The molecule has 0 aliphatic rings. The molecule has 0 radical (unpaired) electrons. The maximum absolute atomic E-state index is 4.89. The number of nitrogens with one attached hydrogen (secondary N) is 1. The zero-order chi connectivity index (χ0) is 23.4. The lowest BCUT2D eigenvalue weighted by Gasteiger charge is -2.14. The number of rotatable bonds is 13. The van der Waals surface area contributed by atoms with E-state index in [9.17, 15) is 0 Å². The van der Waals surface area contributed by atoms with Crippen molar-refractivity contribution in [3.63, 3.8) is 0 Å². The van der Waals surface area contributed by atoms with E-state index in [0.717, 1.165) is 60.6 Å². The molecule has 0 aliphatic carbocycles. The van der Waals surface area contributed by atoms with Gasteiger partial charge in [0, 0.05) is 18.5 Å². The van der Waals surface area contributed by atoms with Crippen LogP contribution in [0.25, 0.3) is 0 Å². The summed E-state index contributed by atoms with van der Waals surface area (Å²) in [5.41, 5.74) is 8.67. The highest BCUT2D eigenvalue weighted by Gasteiger charge is 2.09. The molecular weight excluding hydrogens is 397 g/mol. The van der Waals surface area contributed by atoms with Gasteiger partial charge >= 0.3 is 0 Å². The maximum atomic E-state index is 4.89. The van der Waals surface area contributed by atoms with E-state index in [1.54, 1.807) is 0 Å². The van der Waals surface area contributed by atoms with Gasteiger partial charge in [-0.3, -0.25) is 4.99 Å².